The molecule has 1 aliphatic rings. The van der Waals surface area contributed by atoms with Crippen LogP contribution in [0, 0.1) is 19.3 Å². The summed E-state index contributed by atoms with van der Waals surface area (Å²) in [6.45, 7) is 5.40. The smallest absolute Gasteiger partial charge is 0.416 e. The van der Waals surface area contributed by atoms with Crippen molar-refractivity contribution in [1.29, 1.82) is 0 Å². The number of alkyl halides is 1. The summed E-state index contributed by atoms with van der Waals surface area (Å²) in [7, 11) is 0. The molecule has 3 aromatic rings. The number of nitrogen functional groups attached to an aromatic ring is 1. The van der Waals surface area contributed by atoms with Gasteiger partial charge in [0.15, 0.2) is 0 Å². The molecule has 36 heavy (non-hydrogen) atoms. The van der Waals surface area contributed by atoms with Gasteiger partial charge >= 0.3 is 6.09 Å². The van der Waals surface area contributed by atoms with Gasteiger partial charge in [-0.05, 0) is 56.2 Å². The number of nitrogens with zero attached hydrogens (tertiary/aromatic N) is 4. The van der Waals surface area contributed by atoms with E-state index < -0.39 is 18.3 Å². The summed E-state index contributed by atoms with van der Waals surface area (Å²) in [5, 5.41) is 3.19. The van der Waals surface area contributed by atoms with E-state index in [0.29, 0.717) is 11.4 Å². The highest BCUT2D eigenvalue weighted by Gasteiger charge is 2.39. The fourth-order valence-electron chi connectivity index (χ4n) is 3.96. The second-order valence-corrected chi connectivity index (χ2v) is 8.50. The normalized spacial score (nSPS) is 16.7. The van der Waals surface area contributed by atoms with Gasteiger partial charge in [-0.2, -0.15) is 4.98 Å². The molecular formula is C26H27FN6O3. The Morgan fingerprint density at radius 1 is 1.33 bits per heavy atom. The molecule has 1 saturated heterocycles. The van der Waals surface area contributed by atoms with Crippen LogP contribution in [0.3, 0.4) is 0 Å². The summed E-state index contributed by atoms with van der Waals surface area (Å²) in [5.41, 5.74) is 10.1. The molecule has 0 saturated carbocycles. The highest BCUT2D eigenvalue weighted by atomic mass is 19.1. The van der Waals surface area contributed by atoms with Gasteiger partial charge in [0.1, 0.15) is 37.0 Å². The van der Waals surface area contributed by atoms with Gasteiger partial charge in [-0.3, -0.25) is 9.88 Å². The van der Waals surface area contributed by atoms with E-state index in [1.807, 2.05) is 32.0 Å². The molecule has 186 valence electrons. The Kier molecular flexibility index (Phi) is 7.20. The molecule has 1 fully saturated rings. The Hall–Kier alpha value is -4.39. The molecule has 3 heterocycles. The molecule has 1 aliphatic heterocycles. The molecule has 9 nitrogen and oxygen atoms in total. The fraction of sp³-hybridized carbons (Fsp3) is 0.308. The van der Waals surface area contributed by atoms with Gasteiger partial charge in [0.05, 0.1) is 11.7 Å². The number of ether oxygens (including phenoxy) is 2. The van der Waals surface area contributed by atoms with Crippen LogP contribution in [0.5, 0.6) is 5.75 Å². The van der Waals surface area contributed by atoms with Gasteiger partial charge in [0, 0.05) is 29.7 Å². The zero-order valence-corrected chi connectivity index (χ0v) is 20.2. The van der Waals surface area contributed by atoms with Crippen molar-refractivity contribution in [2.24, 2.45) is 0 Å². The lowest BCUT2D eigenvalue weighted by atomic mass is 10.0. The lowest BCUT2D eigenvalue weighted by Crippen LogP contribution is -2.39. The second-order valence-electron chi connectivity index (χ2n) is 8.50. The van der Waals surface area contributed by atoms with E-state index >= 15 is 0 Å². The van der Waals surface area contributed by atoms with Crippen molar-refractivity contribution in [1.82, 2.24) is 15.0 Å². The molecule has 0 spiro atoms. The van der Waals surface area contributed by atoms with E-state index in [0.717, 1.165) is 22.4 Å². The van der Waals surface area contributed by atoms with E-state index in [1.54, 1.807) is 18.3 Å². The van der Waals surface area contributed by atoms with E-state index in [1.165, 1.54) is 18.0 Å². The Morgan fingerprint density at radius 2 is 2.14 bits per heavy atom. The first-order valence-corrected chi connectivity index (χ1v) is 11.4. The third-order valence-corrected chi connectivity index (χ3v) is 5.81. The lowest BCUT2D eigenvalue weighted by Gasteiger charge is -2.22. The number of hydrogen-bond donors (Lipinski definition) is 2. The Labute approximate surface area is 208 Å². The SMILES string of the molecule is C#CCOc1cc(N)cc(-c2cnc([C@H](C)Nc3nccc(N4C(=O)OC[C@@H]4[C@H](C)F)n3)cc2C)c1. The molecule has 4 rings (SSSR count). The molecule has 3 atom stereocenters. The van der Waals surface area contributed by atoms with Crippen molar-refractivity contribution in [3.05, 3.63) is 54.0 Å². The van der Waals surface area contributed by atoms with Crippen molar-refractivity contribution < 1.29 is 18.7 Å². The van der Waals surface area contributed by atoms with Crippen LogP contribution in [0.25, 0.3) is 11.1 Å². The number of benzene rings is 1. The minimum atomic E-state index is -1.27. The van der Waals surface area contributed by atoms with Crippen LogP contribution in [0.15, 0.2) is 42.7 Å². The van der Waals surface area contributed by atoms with Crippen molar-refractivity contribution in [2.45, 2.75) is 39.0 Å². The number of carbonyl (C=O) groups is 1. The van der Waals surface area contributed by atoms with Crippen molar-refractivity contribution in [2.75, 3.05) is 29.2 Å². The summed E-state index contributed by atoms with van der Waals surface area (Å²) in [4.78, 5) is 26.6. The van der Waals surface area contributed by atoms with E-state index in [-0.39, 0.29) is 31.0 Å². The number of aromatic nitrogens is 3. The molecule has 1 aromatic carbocycles. The van der Waals surface area contributed by atoms with Crippen LogP contribution in [-0.2, 0) is 4.74 Å². The minimum absolute atomic E-state index is 0.0280. The predicted molar refractivity (Wildman–Crippen MR) is 135 cm³/mol. The van der Waals surface area contributed by atoms with Crippen LogP contribution in [-0.4, -0.2) is 46.5 Å². The van der Waals surface area contributed by atoms with Crippen molar-refractivity contribution in [3.63, 3.8) is 0 Å². The number of anilines is 3. The largest absolute Gasteiger partial charge is 0.481 e. The number of aryl methyl sites for hydroxylation is 1. The maximum absolute atomic E-state index is 14.0. The number of halogens is 1. The average molecular weight is 491 g/mol. The topological polar surface area (TPSA) is 115 Å². The maximum atomic E-state index is 14.0. The summed E-state index contributed by atoms with van der Waals surface area (Å²) in [6, 6.07) is 7.94. The maximum Gasteiger partial charge on any atom is 0.416 e. The number of nitrogens with one attached hydrogen (secondary N) is 1. The highest BCUT2D eigenvalue weighted by molar-refractivity contribution is 5.89. The number of rotatable bonds is 8. The first kappa shape index (κ1) is 24.7. The number of nitrogens with two attached hydrogens (primary N) is 1. The number of terminal acetylenes is 1. The number of carbonyl (C=O) groups excluding carboxylic acids is 1. The Balaban J connectivity index is 1.53. The van der Waals surface area contributed by atoms with E-state index in [4.69, 9.17) is 21.6 Å². The van der Waals surface area contributed by atoms with Crippen molar-refractivity contribution >= 4 is 23.5 Å². The van der Waals surface area contributed by atoms with E-state index in [2.05, 4.69) is 26.2 Å². The summed E-state index contributed by atoms with van der Waals surface area (Å²) >= 11 is 0. The third-order valence-electron chi connectivity index (χ3n) is 5.81. The molecular weight excluding hydrogens is 463 g/mol. The van der Waals surface area contributed by atoms with Crippen LogP contribution in [0.1, 0.15) is 31.1 Å². The minimum Gasteiger partial charge on any atom is -0.481 e. The number of hydrogen-bond acceptors (Lipinski definition) is 8. The van der Waals surface area contributed by atoms with Gasteiger partial charge in [0.25, 0.3) is 0 Å². The number of amides is 1. The zero-order valence-electron chi connectivity index (χ0n) is 20.2. The Bertz CT molecular complexity index is 1310. The van der Waals surface area contributed by atoms with Gasteiger partial charge in [-0.15, -0.1) is 6.42 Å². The first-order chi connectivity index (χ1) is 17.3. The highest BCUT2D eigenvalue weighted by Crippen LogP contribution is 2.31. The lowest BCUT2D eigenvalue weighted by molar-refractivity contribution is 0.174. The quantitative estimate of drug-likeness (QED) is 0.355. The molecule has 2 aromatic heterocycles. The monoisotopic (exact) mass is 490 g/mol. The van der Waals surface area contributed by atoms with E-state index in [9.17, 15) is 9.18 Å². The van der Waals surface area contributed by atoms with Gasteiger partial charge < -0.3 is 20.5 Å². The van der Waals surface area contributed by atoms with Crippen LogP contribution < -0.4 is 20.7 Å². The molecule has 1 amide bonds. The van der Waals surface area contributed by atoms with Crippen LogP contribution in [0.2, 0.25) is 0 Å². The summed E-state index contributed by atoms with van der Waals surface area (Å²) in [6.07, 6.45) is 6.65. The number of cyclic esters (lactones) is 1. The number of pyridine rings is 1. The van der Waals surface area contributed by atoms with Crippen LogP contribution in [0.4, 0.5) is 26.6 Å². The Morgan fingerprint density at radius 3 is 2.86 bits per heavy atom. The predicted octanol–water partition coefficient (Wildman–Crippen LogP) is 4.30. The van der Waals surface area contributed by atoms with Gasteiger partial charge in [0.2, 0.25) is 5.95 Å². The molecule has 3 N–H and O–H groups in total. The average Bonchev–Trinajstić information content (AvgIpc) is 3.24. The van der Waals surface area contributed by atoms with Crippen LogP contribution >= 0.6 is 0 Å². The van der Waals surface area contributed by atoms with Gasteiger partial charge in [-0.1, -0.05) is 5.92 Å². The molecule has 10 heteroatoms. The second kappa shape index (κ2) is 10.5. The zero-order chi connectivity index (χ0) is 25.8. The summed E-state index contributed by atoms with van der Waals surface area (Å²) in [5.74, 6) is 3.57. The van der Waals surface area contributed by atoms with Crippen molar-refractivity contribution in [3.8, 4) is 29.2 Å². The molecule has 0 aliphatic carbocycles. The molecule has 0 bridgehead atoms. The fourth-order valence-corrected chi connectivity index (χ4v) is 3.96. The van der Waals surface area contributed by atoms with Gasteiger partial charge in [-0.25, -0.2) is 14.2 Å². The first-order valence-electron chi connectivity index (χ1n) is 11.4. The summed E-state index contributed by atoms with van der Waals surface area (Å²) < 4.78 is 24.5. The standard InChI is InChI=1S/C26H27FN6O3/c1-5-8-35-20-11-18(10-19(28)12-20)21-13-30-22(9-15(21)2)17(4)31-25-29-7-6-24(32-25)33-23(16(3)27)14-36-26(33)34/h1,6-7,9-13,16-17,23H,8,14,28H2,2-4H3,(H,29,31,32)/t16-,17-,23+/m0/s1. The molecule has 0 radical (unpaired) electrons. The third kappa shape index (κ3) is 5.30. The molecule has 0 unspecified atom stereocenters.